The van der Waals surface area contributed by atoms with Crippen molar-refractivity contribution in [2.24, 2.45) is 4.99 Å². The van der Waals surface area contributed by atoms with Crippen LogP contribution in [0.15, 0.2) is 75.9 Å². The average molecular weight is 415 g/mol. The van der Waals surface area contributed by atoms with Gasteiger partial charge in [-0.15, -0.1) is 0 Å². The minimum absolute atomic E-state index is 0.380. The molecule has 3 aromatic rings. The predicted molar refractivity (Wildman–Crippen MR) is 123 cm³/mol. The van der Waals surface area contributed by atoms with Gasteiger partial charge in [-0.3, -0.25) is 8.63 Å². The number of rotatable bonds is 6. The summed E-state index contributed by atoms with van der Waals surface area (Å²) in [5, 5.41) is 3.88. The zero-order valence-corrected chi connectivity index (χ0v) is 17.2. The fourth-order valence-electron chi connectivity index (χ4n) is 3.32. The first-order chi connectivity index (χ1) is 15.0. The topological polar surface area (TPSA) is 43.3 Å². The molecule has 1 aliphatic rings. The third-order valence-electron chi connectivity index (χ3n) is 4.91. The molecule has 0 aliphatic carbocycles. The molecule has 2 aromatic heterocycles. The van der Waals surface area contributed by atoms with Gasteiger partial charge >= 0.3 is 7.40 Å². The van der Waals surface area contributed by atoms with E-state index in [-0.39, 0.29) is 0 Å². The van der Waals surface area contributed by atoms with Gasteiger partial charge in [-0.05, 0) is 68.0 Å². The fourth-order valence-corrected chi connectivity index (χ4v) is 3.32. The zero-order valence-electron chi connectivity index (χ0n) is 17.2. The van der Waals surface area contributed by atoms with Gasteiger partial charge in [-0.1, -0.05) is 41.6 Å². The molecule has 0 saturated heterocycles. The molecule has 1 aliphatic heterocycles. The van der Waals surface area contributed by atoms with Gasteiger partial charge in [0.1, 0.15) is 5.76 Å². The van der Waals surface area contributed by atoms with Crippen LogP contribution in [0.2, 0.25) is 0 Å². The molecule has 0 bridgehead atoms. The van der Waals surface area contributed by atoms with Crippen LogP contribution in [0.1, 0.15) is 34.0 Å². The Morgan fingerprint density at radius 1 is 0.903 bits per heavy atom. The van der Waals surface area contributed by atoms with Crippen molar-refractivity contribution >= 4 is 37.4 Å². The quantitative estimate of drug-likeness (QED) is 0.457. The summed E-state index contributed by atoms with van der Waals surface area (Å²) < 4.78 is 33.7. The third kappa shape index (κ3) is 4.72. The molecule has 154 valence electrons. The molecule has 4 nitrogen and oxygen atoms in total. The molecule has 0 unspecified atom stereocenters. The highest BCUT2D eigenvalue weighted by Gasteiger charge is 2.22. The summed E-state index contributed by atoms with van der Waals surface area (Å²) in [6, 6.07) is 13.2. The Labute approximate surface area is 179 Å². The van der Waals surface area contributed by atoms with Crippen LogP contribution in [0, 0.1) is 13.8 Å². The summed E-state index contributed by atoms with van der Waals surface area (Å²) in [5.41, 5.74) is 4.73. The molecule has 0 saturated carbocycles. The normalized spacial score (nSPS) is 15.0. The highest BCUT2D eigenvalue weighted by atomic mass is 19.2. The Balaban J connectivity index is 1.58. The lowest BCUT2D eigenvalue weighted by Gasteiger charge is -2.05. The van der Waals surface area contributed by atoms with E-state index in [2.05, 4.69) is 10.1 Å². The van der Waals surface area contributed by atoms with Crippen molar-refractivity contribution in [3.63, 3.8) is 0 Å². The fraction of sp³-hybridized carbons (Fsp3) is 0.0833. The molecule has 7 heteroatoms. The summed E-state index contributed by atoms with van der Waals surface area (Å²) >= 11 is 0. The van der Waals surface area contributed by atoms with Crippen molar-refractivity contribution < 1.29 is 13.2 Å². The monoisotopic (exact) mass is 415 g/mol. The maximum Gasteiger partial charge on any atom is 0.678 e. The van der Waals surface area contributed by atoms with Crippen molar-refractivity contribution in [2.45, 2.75) is 13.8 Å². The minimum atomic E-state index is -2.68. The van der Waals surface area contributed by atoms with Gasteiger partial charge < -0.3 is 9.00 Å². The van der Waals surface area contributed by atoms with Crippen LogP contribution in [-0.2, 0) is 0 Å². The second-order valence-electron chi connectivity index (χ2n) is 7.09. The first kappa shape index (κ1) is 20.5. The number of halogens is 2. The number of hydrogen-bond donors (Lipinski definition) is 0. The van der Waals surface area contributed by atoms with Crippen LogP contribution in [0.4, 0.5) is 8.63 Å². The van der Waals surface area contributed by atoms with Crippen molar-refractivity contribution in [1.29, 1.82) is 0 Å². The molecular weight excluding hydrogens is 395 g/mol. The predicted octanol–water partition coefficient (Wildman–Crippen LogP) is 6.10. The minimum Gasteiger partial charge on any atom is -0.361 e. The molecular formula is C24H20BF2N3O. The van der Waals surface area contributed by atoms with Gasteiger partial charge in [0.2, 0.25) is 0 Å². The van der Waals surface area contributed by atoms with Crippen molar-refractivity contribution in [3.8, 4) is 0 Å². The Morgan fingerprint density at radius 2 is 1.68 bits per heavy atom. The van der Waals surface area contributed by atoms with E-state index in [9.17, 15) is 8.63 Å². The molecule has 3 heterocycles. The Bertz CT molecular complexity index is 1210. The first-order valence-electron chi connectivity index (χ1n) is 9.83. The molecule has 0 spiro atoms. The Hall–Kier alpha value is -3.74. The lowest BCUT2D eigenvalue weighted by atomic mass is 10.1. The number of hydrogen-bond acceptors (Lipinski definition) is 3. The summed E-state index contributed by atoms with van der Waals surface area (Å²) in [6.45, 7) is 3.60. The van der Waals surface area contributed by atoms with Gasteiger partial charge in [-0.25, -0.2) is 4.99 Å². The van der Waals surface area contributed by atoms with Crippen LogP contribution in [0.3, 0.4) is 0 Å². The van der Waals surface area contributed by atoms with Crippen LogP contribution in [0.25, 0.3) is 24.3 Å². The highest BCUT2D eigenvalue weighted by Crippen LogP contribution is 2.22. The second-order valence-corrected chi connectivity index (χ2v) is 7.09. The van der Waals surface area contributed by atoms with E-state index in [1.807, 2.05) is 61.6 Å². The summed E-state index contributed by atoms with van der Waals surface area (Å²) in [4.78, 5) is 4.50. The lowest BCUT2D eigenvalue weighted by molar-refractivity contribution is 0.393. The molecule has 0 atom stereocenters. The summed E-state index contributed by atoms with van der Waals surface area (Å²) in [5.74, 6) is 0.646. The van der Waals surface area contributed by atoms with E-state index in [1.54, 1.807) is 37.3 Å². The average Bonchev–Trinajstić information content (AvgIpc) is 3.46. The number of allylic oxidation sites excluding steroid dienone is 3. The maximum atomic E-state index is 13.8. The second kappa shape index (κ2) is 8.96. The number of aliphatic imine (C=N–C) groups is 1. The standard InChI is InChI=1S/C24H20BF2N3O/c1-17-24(18(2)31-29-17)15-14-22-12-13-23(30(22)25(26)27)16-21-11-10-20(28-21)9-8-19-6-4-3-5-7-19/h3-16H,1-2H3/b9-8+,15-14+,21-16-. The van der Waals surface area contributed by atoms with Crippen LogP contribution >= 0.6 is 0 Å². The van der Waals surface area contributed by atoms with E-state index in [0.29, 0.717) is 28.5 Å². The largest absolute Gasteiger partial charge is 0.678 e. The van der Waals surface area contributed by atoms with Crippen molar-refractivity contribution in [1.82, 2.24) is 9.63 Å². The molecule has 0 fully saturated rings. The van der Waals surface area contributed by atoms with Crippen LogP contribution < -0.4 is 0 Å². The molecule has 1 aromatic carbocycles. The first-order valence-corrected chi connectivity index (χ1v) is 9.83. The van der Waals surface area contributed by atoms with Gasteiger partial charge in [0.25, 0.3) is 0 Å². The third-order valence-corrected chi connectivity index (χ3v) is 4.91. The highest BCUT2D eigenvalue weighted by molar-refractivity contribution is 6.41. The molecule has 4 rings (SSSR count). The number of aryl methyl sites for hydroxylation is 2. The van der Waals surface area contributed by atoms with E-state index in [0.717, 1.165) is 21.3 Å². The maximum absolute atomic E-state index is 13.8. The Morgan fingerprint density at radius 3 is 2.39 bits per heavy atom. The van der Waals surface area contributed by atoms with Gasteiger partial charge in [-0.2, -0.15) is 0 Å². The zero-order chi connectivity index (χ0) is 21.8. The lowest BCUT2D eigenvalue weighted by Crippen LogP contribution is -2.16. The molecule has 31 heavy (non-hydrogen) atoms. The van der Waals surface area contributed by atoms with Gasteiger partial charge in [0.15, 0.2) is 0 Å². The number of benzene rings is 1. The van der Waals surface area contributed by atoms with Gasteiger partial charge in [0.05, 0.1) is 17.1 Å². The Kier molecular flexibility index (Phi) is 5.93. The summed E-state index contributed by atoms with van der Waals surface area (Å²) in [7, 11) is -2.68. The smallest absolute Gasteiger partial charge is 0.361 e. The summed E-state index contributed by atoms with van der Waals surface area (Å²) in [6.07, 6.45) is 12.6. The van der Waals surface area contributed by atoms with Crippen molar-refractivity contribution in [3.05, 3.63) is 100 Å². The molecule has 0 amide bonds. The number of nitrogens with zero attached hydrogens (tertiary/aromatic N) is 3. The van der Waals surface area contributed by atoms with Gasteiger partial charge in [0, 0.05) is 17.0 Å². The van der Waals surface area contributed by atoms with Crippen LogP contribution in [0.5, 0.6) is 0 Å². The van der Waals surface area contributed by atoms with E-state index < -0.39 is 7.40 Å². The molecule has 0 N–H and O–H groups in total. The SMILES string of the molecule is Cc1noc(C)c1/C=C/c1ccc(/C=C2/C=CC(/C=C/c3ccccc3)=N2)n1B(F)F. The van der Waals surface area contributed by atoms with E-state index in [1.165, 1.54) is 0 Å². The van der Waals surface area contributed by atoms with Crippen molar-refractivity contribution in [2.75, 3.05) is 0 Å². The molecule has 0 radical (unpaired) electrons. The van der Waals surface area contributed by atoms with E-state index >= 15 is 0 Å². The number of aromatic nitrogens is 2. The van der Waals surface area contributed by atoms with E-state index in [4.69, 9.17) is 4.52 Å². The van der Waals surface area contributed by atoms with Crippen LogP contribution in [-0.4, -0.2) is 22.7 Å².